The number of likely N-dealkylation sites (tertiary alicyclic amines) is 1. The van der Waals surface area contributed by atoms with Crippen LogP contribution in [0.25, 0.3) is 22.2 Å². The number of aromatic amines is 1. The molecule has 3 aromatic rings. The van der Waals surface area contributed by atoms with Gasteiger partial charge in [0, 0.05) is 60.1 Å². The molecule has 0 spiro atoms. The maximum atomic E-state index is 13.9. The van der Waals surface area contributed by atoms with Crippen LogP contribution in [0.3, 0.4) is 0 Å². The average molecular weight is 503 g/mol. The molecule has 192 valence electrons. The van der Waals surface area contributed by atoms with Gasteiger partial charge in [-0.2, -0.15) is 13.2 Å². The van der Waals surface area contributed by atoms with Crippen LogP contribution in [0.1, 0.15) is 48.5 Å². The number of carbonyl (C=O) groups is 1. The van der Waals surface area contributed by atoms with E-state index in [1.165, 1.54) is 6.20 Å². The number of carbonyl (C=O) groups excluding carboxylic acids is 1. The number of β-amino-alcohol motifs (C(OH)–C–C–N with tert-alkyl or cyclic N) is 1. The number of aromatic nitrogens is 3. The molecule has 4 N–H and O–H groups in total. The van der Waals surface area contributed by atoms with E-state index in [0.717, 1.165) is 25.6 Å². The summed E-state index contributed by atoms with van der Waals surface area (Å²) in [4.78, 5) is 25.8. The normalized spacial score (nSPS) is 22.8. The Hall–Kier alpha value is -3.18. The molecule has 0 saturated carbocycles. The third-order valence-electron chi connectivity index (χ3n) is 7.19. The third kappa shape index (κ3) is 4.77. The Kier molecular flexibility index (Phi) is 6.37. The molecular weight excluding hydrogens is 473 g/mol. The van der Waals surface area contributed by atoms with Crippen molar-refractivity contribution in [3.63, 3.8) is 0 Å². The standard InChI is InChI=1S/C25H29F3N6O2/c1-2-24(36)7-9-34(14-24)22(35)15-5-6-17-18(12-30-20(17)10-15)21-19(25(26,27)28)13-31-23(33-21)32-16-4-3-8-29-11-16/h5-6,10,12-13,16,29-30,36H,2-4,7-9,11,14H2,1H3,(H,31,32,33)/t16-,24-/m0/s1. The molecular formula is C25H29F3N6O2. The highest BCUT2D eigenvalue weighted by molar-refractivity contribution is 6.02. The van der Waals surface area contributed by atoms with Gasteiger partial charge in [-0.05, 0) is 44.4 Å². The summed E-state index contributed by atoms with van der Waals surface area (Å²) >= 11 is 0. The molecule has 5 rings (SSSR count). The van der Waals surface area contributed by atoms with E-state index in [-0.39, 0.29) is 35.7 Å². The van der Waals surface area contributed by atoms with Gasteiger partial charge in [0.2, 0.25) is 5.95 Å². The fourth-order valence-electron chi connectivity index (χ4n) is 4.98. The molecule has 36 heavy (non-hydrogen) atoms. The lowest BCUT2D eigenvalue weighted by Gasteiger charge is -2.24. The molecule has 1 aromatic carbocycles. The lowest BCUT2D eigenvalue weighted by molar-refractivity contribution is -0.137. The van der Waals surface area contributed by atoms with E-state index >= 15 is 0 Å². The zero-order chi connectivity index (χ0) is 25.5. The van der Waals surface area contributed by atoms with Crippen molar-refractivity contribution in [3.8, 4) is 11.3 Å². The van der Waals surface area contributed by atoms with Crippen molar-refractivity contribution in [1.82, 2.24) is 25.2 Å². The zero-order valence-electron chi connectivity index (χ0n) is 20.0. The van der Waals surface area contributed by atoms with Crippen LogP contribution in [0.2, 0.25) is 0 Å². The number of anilines is 1. The molecule has 2 saturated heterocycles. The van der Waals surface area contributed by atoms with Crippen LogP contribution < -0.4 is 10.6 Å². The van der Waals surface area contributed by atoms with E-state index in [4.69, 9.17) is 0 Å². The Morgan fingerprint density at radius 2 is 2.19 bits per heavy atom. The van der Waals surface area contributed by atoms with Gasteiger partial charge >= 0.3 is 6.18 Å². The highest BCUT2D eigenvalue weighted by Crippen LogP contribution is 2.39. The van der Waals surface area contributed by atoms with Crippen molar-refractivity contribution in [1.29, 1.82) is 0 Å². The second-order valence-electron chi connectivity index (χ2n) is 9.66. The predicted molar refractivity (Wildman–Crippen MR) is 130 cm³/mol. The quantitative estimate of drug-likeness (QED) is 0.423. The predicted octanol–water partition coefficient (Wildman–Crippen LogP) is 3.79. The number of hydrogen-bond acceptors (Lipinski definition) is 6. The molecule has 2 aromatic heterocycles. The van der Waals surface area contributed by atoms with Gasteiger partial charge in [-0.25, -0.2) is 9.97 Å². The second kappa shape index (κ2) is 9.36. The van der Waals surface area contributed by atoms with E-state index in [1.807, 2.05) is 6.92 Å². The first kappa shape index (κ1) is 24.5. The van der Waals surface area contributed by atoms with Gasteiger partial charge in [0.15, 0.2) is 0 Å². The summed E-state index contributed by atoms with van der Waals surface area (Å²) in [5.41, 5.74) is -0.807. The number of benzene rings is 1. The third-order valence-corrected chi connectivity index (χ3v) is 7.19. The van der Waals surface area contributed by atoms with Crippen LogP contribution in [0.5, 0.6) is 0 Å². The lowest BCUT2D eigenvalue weighted by Crippen LogP contribution is -2.38. The molecule has 2 atom stereocenters. The summed E-state index contributed by atoms with van der Waals surface area (Å²) in [7, 11) is 0. The van der Waals surface area contributed by atoms with E-state index in [1.54, 1.807) is 23.1 Å². The van der Waals surface area contributed by atoms with Crippen LogP contribution in [0.4, 0.5) is 19.1 Å². The van der Waals surface area contributed by atoms with E-state index in [0.29, 0.717) is 42.4 Å². The fraction of sp³-hybridized carbons (Fsp3) is 0.480. The number of fused-ring (bicyclic) bond motifs is 1. The minimum atomic E-state index is -4.63. The summed E-state index contributed by atoms with van der Waals surface area (Å²) in [6.07, 6.45) is 0.586. The summed E-state index contributed by atoms with van der Waals surface area (Å²) in [6.45, 7) is 4.21. The maximum absolute atomic E-state index is 13.9. The molecule has 2 aliphatic heterocycles. The molecule has 0 radical (unpaired) electrons. The van der Waals surface area contributed by atoms with Crippen LogP contribution in [0.15, 0.2) is 30.6 Å². The first-order chi connectivity index (χ1) is 17.2. The van der Waals surface area contributed by atoms with Crippen molar-refractivity contribution in [3.05, 3.63) is 41.7 Å². The van der Waals surface area contributed by atoms with Gasteiger partial charge < -0.3 is 25.6 Å². The maximum Gasteiger partial charge on any atom is 0.419 e. The Bertz CT molecular complexity index is 1270. The molecule has 2 aliphatic rings. The van der Waals surface area contributed by atoms with Crippen molar-refractivity contribution in [2.24, 2.45) is 0 Å². The molecule has 11 heteroatoms. The molecule has 4 heterocycles. The number of H-pyrrole nitrogens is 1. The number of aliphatic hydroxyl groups is 1. The van der Waals surface area contributed by atoms with Crippen molar-refractivity contribution < 1.29 is 23.1 Å². The second-order valence-corrected chi connectivity index (χ2v) is 9.66. The topological polar surface area (TPSA) is 106 Å². The zero-order valence-corrected chi connectivity index (χ0v) is 20.0. The summed E-state index contributed by atoms with van der Waals surface area (Å²) in [5.74, 6) is -0.0756. The summed E-state index contributed by atoms with van der Waals surface area (Å²) < 4.78 is 41.6. The fourth-order valence-corrected chi connectivity index (χ4v) is 4.98. The Morgan fingerprint density at radius 1 is 1.36 bits per heavy atom. The van der Waals surface area contributed by atoms with Gasteiger partial charge in [0.1, 0.15) is 5.56 Å². The number of alkyl halides is 3. The minimum absolute atomic E-state index is 0.0378. The first-order valence-electron chi connectivity index (χ1n) is 12.2. The van der Waals surface area contributed by atoms with Crippen molar-refractivity contribution >= 4 is 22.8 Å². The minimum Gasteiger partial charge on any atom is -0.388 e. The molecule has 1 amide bonds. The lowest BCUT2D eigenvalue weighted by atomic mass is 10.0. The number of amides is 1. The Balaban J connectivity index is 1.47. The molecule has 8 nitrogen and oxygen atoms in total. The average Bonchev–Trinajstić information content (AvgIpc) is 3.47. The number of piperidine rings is 1. The van der Waals surface area contributed by atoms with Crippen molar-refractivity contribution in [2.45, 2.75) is 50.4 Å². The highest BCUT2D eigenvalue weighted by Gasteiger charge is 2.38. The van der Waals surface area contributed by atoms with Gasteiger partial charge in [-0.15, -0.1) is 0 Å². The molecule has 0 unspecified atom stereocenters. The highest BCUT2D eigenvalue weighted by atomic mass is 19.4. The first-order valence-corrected chi connectivity index (χ1v) is 12.2. The molecule has 2 fully saturated rings. The summed E-state index contributed by atoms with van der Waals surface area (Å²) in [6, 6.07) is 4.91. The van der Waals surface area contributed by atoms with Crippen molar-refractivity contribution in [2.75, 3.05) is 31.5 Å². The largest absolute Gasteiger partial charge is 0.419 e. The Morgan fingerprint density at radius 3 is 2.89 bits per heavy atom. The Labute approximate surface area is 206 Å². The number of hydrogen-bond donors (Lipinski definition) is 4. The van der Waals surface area contributed by atoms with Crippen LogP contribution in [0, 0.1) is 0 Å². The van der Waals surface area contributed by atoms with Gasteiger partial charge in [0.05, 0.1) is 11.3 Å². The van der Waals surface area contributed by atoms with Gasteiger partial charge in [-0.1, -0.05) is 13.0 Å². The molecule has 0 bridgehead atoms. The SMILES string of the molecule is CC[C@]1(O)CCN(C(=O)c2ccc3c(-c4nc(N[C@H]5CCCNC5)ncc4C(F)(F)F)c[nH]c3c2)C1. The van der Waals surface area contributed by atoms with Crippen LogP contribution in [-0.4, -0.2) is 68.7 Å². The number of nitrogens with zero attached hydrogens (tertiary/aromatic N) is 3. The van der Waals surface area contributed by atoms with Gasteiger partial charge in [0.25, 0.3) is 5.91 Å². The molecule has 0 aliphatic carbocycles. The van der Waals surface area contributed by atoms with Crippen LogP contribution in [-0.2, 0) is 6.18 Å². The monoisotopic (exact) mass is 502 g/mol. The number of nitrogens with one attached hydrogen (secondary N) is 3. The number of halogens is 3. The summed E-state index contributed by atoms with van der Waals surface area (Å²) in [5, 5.41) is 17.4. The van der Waals surface area contributed by atoms with E-state index in [9.17, 15) is 23.1 Å². The van der Waals surface area contributed by atoms with Gasteiger partial charge in [-0.3, -0.25) is 4.79 Å². The van der Waals surface area contributed by atoms with E-state index in [2.05, 4.69) is 25.6 Å². The number of rotatable bonds is 5. The van der Waals surface area contributed by atoms with E-state index < -0.39 is 17.3 Å². The van der Waals surface area contributed by atoms with Crippen LogP contribution >= 0.6 is 0 Å². The smallest absolute Gasteiger partial charge is 0.388 e.